The highest BCUT2D eigenvalue weighted by Crippen LogP contribution is 2.05. The quantitative estimate of drug-likeness (QED) is 0.790. The molecule has 6 heteroatoms. The Morgan fingerprint density at radius 1 is 1.41 bits per heavy atom. The number of halogens is 1. The third-order valence-electron chi connectivity index (χ3n) is 1.92. The highest BCUT2D eigenvalue weighted by Gasteiger charge is 2.05. The van der Waals surface area contributed by atoms with Gasteiger partial charge in [-0.05, 0) is 17.7 Å². The van der Waals surface area contributed by atoms with Crippen LogP contribution in [0, 0.1) is 0 Å². The van der Waals surface area contributed by atoms with Gasteiger partial charge in [0.1, 0.15) is 6.61 Å². The summed E-state index contributed by atoms with van der Waals surface area (Å²) in [5.41, 5.74) is 0.867. The minimum absolute atomic E-state index is 0.141. The first kappa shape index (κ1) is 13.3. The van der Waals surface area contributed by atoms with E-state index in [1.807, 2.05) is 0 Å². The lowest BCUT2D eigenvalue weighted by Crippen LogP contribution is -2.24. The molecule has 0 unspecified atom stereocenters. The normalized spacial score (nSPS) is 9.71. The number of carbonyl (C=O) groups is 2. The Balaban J connectivity index is 2.49. The highest BCUT2D eigenvalue weighted by molar-refractivity contribution is 6.18. The van der Waals surface area contributed by atoms with Gasteiger partial charge in [-0.2, -0.15) is 0 Å². The fraction of sp³-hybridized carbons (Fsp3) is 0.273. The molecule has 0 saturated heterocycles. The summed E-state index contributed by atoms with van der Waals surface area (Å²) in [5, 5.41) is 11.3. The monoisotopic (exact) mass is 257 g/mol. The molecule has 0 aromatic heterocycles. The van der Waals surface area contributed by atoms with Gasteiger partial charge in [-0.25, -0.2) is 9.59 Å². The number of carboxylic acids is 1. The Labute approximate surface area is 103 Å². The van der Waals surface area contributed by atoms with Gasteiger partial charge in [0.15, 0.2) is 0 Å². The fourth-order valence-electron chi connectivity index (χ4n) is 1.17. The second-order valence-electron chi connectivity index (χ2n) is 3.18. The highest BCUT2D eigenvalue weighted by atomic mass is 35.5. The number of hydrogen-bond acceptors (Lipinski definition) is 3. The number of rotatable bonds is 5. The first-order chi connectivity index (χ1) is 8.13. The molecule has 92 valence electrons. The van der Waals surface area contributed by atoms with E-state index in [-0.39, 0.29) is 24.6 Å². The maximum Gasteiger partial charge on any atom is 0.407 e. The van der Waals surface area contributed by atoms with Gasteiger partial charge < -0.3 is 15.2 Å². The molecule has 1 rings (SSSR count). The van der Waals surface area contributed by atoms with E-state index in [0.717, 1.165) is 0 Å². The minimum Gasteiger partial charge on any atom is -0.478 e. The van der Waals surface area contributed by atoms with Crippen molar-refractivity contribution in [2.24, 2.45) is 0 Å². The van der Waals surface area contributed by atoms with Gasteiger partial charge >= 0.3 is 12.1 Å². The average molecular weight is 258 g/mol. The van der Waals surface area contributed by atoms with Crippen molar-refractivity contribution in [3.8, 4) is 0 Å². The van der Waals surface area contributed by atoms with Gasteiger partial charge in [0, 0.05) is 6.54 Å². The van der Waals surface area contributed by atoms with Crippen LogP contribution < -0.4 is 5.32 Å². The molecule has 1 amide bonds. The number of alkyl halides is 1. The Kier molecular flexibility index (Phi) is 5.29. The third kappa shape index (κ3) is 4.74. The van der Waals surface area contributed by atoms with Crippen LogP contribution in [-0.2, 0) is 11.3 Å². The van der Waals surface area contributed by atoms with E-state index < -0.39 is 12.1 Å². The maximum absolute atomic E-state index is 11.1. The number of benzene rings is 1. The number of amides is 1. The van der Waals surface area contributed by atoms with E-state index in [4.69, 9.17) is 21.4 Å². The molecule has 17 heavy (non-hydrogen) atoms. The van der Waals surface area contributed by atoms with Crippen molar-refractivity contribution in [2.75, 3.05) is 12.5 Å². The zero-order chi connectivity index (χ0) is 12.7. The summed E-state index contributed by atoms with van der Waals surface area (Å²) in [6.45, 7) is 0.352. The van der Waals surface area contributed by atoms with E-state index in [1.54, 1.807) is 12.1 Å². The number of nitrogens with one attached hydrogen (secondary N) is 1. The molecule has 0 spiro atoms. The minimum atomic E-state index is -1.00. The summed E-state index contributed by atoms with van der Waals surface area (Å²) in [4.78, 5) is 21.8. The first-order valence-corrected chi connectivity index (χ1v) is 5.45. The predicted molar refractivity (Wildman–Crippen MR) is 62.3 cm³/mol. The SMILES string of the molecule is O=C(NCc1cccc(C(=O)O)c1)OCCCl. The van der Waals surface area contributed by atoms with E-state index >= 15 is 0 Å². The number of carboxylic acid groups (broad SMARTS) is 1. The molecule has 0 aliphatic heterocycles. The summed E-state index contributed by atoms with van der Waals surface area (Å²) in [6.07, 6.45) is -0.577. The number of ether oxygens (including phenoxy) is 1. The van der Waals surface area contributed by atoms with Crippen LogP contribution in [0.4, 0.5) is 4.79 Å². The Morgan fingerprint density at radius 3 is 2.82 bits per heavy atom. The van der Waals surface area contributed by atoms with Gasteiger partial charge in [-0.15, -0.1) is 11.6 Å². The molecule has 0 heterocycles. The summed E-state index contributed by atoms with van der Waals surface area (Å²) in [6, 6.07) is 6.31. The van der Waals surface area contributed by atoms with Gasteiger partial charge in [-0.3, -0.25) is 0 Å². The topological polar surface area (TPSA) is 75.6 Å². The van der Waals surface area contributed by atoms with E-state index in [0.29, 0.717) is 5.56 Å². The van der Waals surface area contributed by atoms with Crippen LogP contribution in [0.3, 0.4) is 0 Å². The van der Waals surface area contributed by atoms with Crippen LogP contribution in [-0.4, -0.2) is 29.7 Å². The molecule has 5 nitrogen and oxygen atoms in total. The lowest BCUT2D eigenvalue weighted by molar-refractivity contribution is 0.0696. The smallest absolute Gasteiger partial charge is 0.407 e. The molecule has 0 aliphatic rings. The molecule has 0 fully saturated rings. The molecule has 0 saturated carbocycles. The molecule has 0 radical (unpaired) electrons. The predicted octanol–water partition coefficient (Wildman–Crippen LogP) is 1.85. The number of aromatic carboxylic acids is 1. The molecule has 2 N–H and O–H groups in total. The summed E-state index contributed by atoms with van der Waals surface area (Å²) in [7, 11) is 0. The molecule has 0 atom stereocenters. The van der Waals surface area contributed by atoms with Crippen molar-refractivity contribution in [1.29, 1.82) is 0 Å². The zero-order valence-corrected chi connectivity index (χ0v) is 9.74. The van der Waals surface area contributed by atoms with Crippen LogP contribution in [0.25, 0.3) is 0 Å². The Bertz CT molecular complexity index is 408. The third-order valence-corrected chi connectivity index (χ3v) is 2.08. The molecule has 1 aromatic rings. The van der Waals surface area contributed by atoms with Crippen molar-refractivity contribution in [3.05, 3.63) is 35.4 Å². The largest absolute Gasteiger partial charge is 0.478 e. The van der Waals surface area contributed by atoms with Crippen molar-refractivity contribution in [2.45, 2.75) is 6.54 Å². The second-order valence-corrected chi connectivity index (χ2v) is 3.56. The average Bonchev–Trinajstić information content (AvgIpc) is 2.34. The Hall–Kier alpha value is -1.75. The van der Waals surface area contributed by atoms with Crippen molar-refractivity contribution < 1.29 is 19.4 Å². The summed E-state index contributed by atoms with van der Waals surface area (Å²) < 4.78 is 4.69. The van der Waals surface area contributed by atoms with E-state index in [1.165, 1.54) is 12.1 Å². The number of hydrogen-bond donors (Lipinski definition) is 2. The molecule has 1 aromatic carbocycles. The standard InChI is InChI=1S/C11H12ClNO4/c12-4-5-17-11(16)13-7-8-2-1-3-9(6-8)10(14)15/h1-3,6H,4-5,7H2,(H,13,16)(H,14,15). The van der Waals surface area contributed by atoms with Gasteiger partial charge in [0.25, 0.3) is 0 Å². The second kappa shape index (κ2) is 6.75. The van der Waals surface area contributed by atoms with E-state index in [9.17, 15) is 9.59 Å². The maximum atomic E-state index is 11.1. The lowest BCUT2D eigenvalue weighted by Gasteiger charge is -2.06. The van der Waals surface area contributed by atoms with E-state index in [2.05, 4.69) is 5.32 Å². The van der Waals surface area contributed by atoms with Crippen molar-refractivity contribution >= 4 is 23.7 Å². The van der Waals surface area contributed by atoms with Crippen LogP contribution >= 0.6 is 11.6 Å². The lowest BCUT2D eigenvalue weighted by atomic mass is 10.1. The molecular formula is C11H12ClNO4. The molecular weight excluding hydrogens is 246 g/mol. The molecule has 0 bridgehead atoms. The van der Waals surface area contributed by atoms with Gasteiger partial charge in [0.05, 0.1) is 11.4 Å². The number of carbonyl (C=O) groups excluding carboxylic acids is 1. The van der Waals surface area contributed by atoms with Crippen LogP contribution in [0.1, 0.15) is 15.9 Å². The van der Waals surface area contributed by atoms with Crippen LogP contribution in [0.15, 0.2) is 24.3 Å². The van der Waals surface area contributed by atoms with Crippen LogP contribution in [0.5, 0.6) is 0 Å². The zero-order valence-electron chi connectivity index (χ0n) is 8.98. The van der Waals surface area contributed by atoms with Gasteiger partial charge in [-0.1, -0.05) is 12.1 Å². The fourth-order valence-corrected chi connectivity index (χ4v) is 1.25. The van der Waals surface area contributed by atoms with Crippen LogP contribution in [0.2, 0.25) is 0 Å². The van der Waals surface area contributed by atoms with Crippen molar-refractivity contribution in [3.63, 3.8) is 0 Å². The Morgan fingerprint density at radius 2 is 2.18 bits per heavy atom. The first-order valence-electron chi connectivity index (χ1n) is 4.92. The van der Waals surface area contributed by atoms with Crippen molar-refractivity contribution in [1.82, 2.24) is 5.32 Å². The molecule has 0 aliphatic carbocycles. The van der Waals surface area contributed by atoms with Gasteiger partial charge in [0.2, 0.25) is 0 Å². The summed E-state index contributed by atoms with van der Waals surface area (Å²) in [5.74, 6) is -0.765. The number of alkyl carbamates (subject to hydrolysis) is 1. The summed E-state index contributed by atoms with van der Waals surface area (Å²) >= 11 is 5.35.